The fourth-order valence-corrected chi connectivity index (χ4v) is 1.76. The third-order valence-corrected chi connectivity index (χ3v) is 2.79. The van der Waals surface area contributed by atoms with E-state index in [9.17, 15) is 4.79 Å². The van der Waals surface area contributed by atoms with Crippen LogP contribution in [0, 0.1) is 0 Å². The molecular weight excluding hydrogens is 260 g/mol. The molecule has 0 saturated heterocycles. The highest BCUT2D eigenvalue weighted by molar-refractivity contribution is 9.10. The Balaban J connectivity index is 3.22. The molecule has 0 atom stereocenters. The molecule has 4 heteroatoms. The van der Waals surface area contributed by atoms with Crippen LogP contribution in [0.4, 0.5) is 0 Å². The number of hydrogen-bond donors (Lipinski definition) is 0. The van der Waals surface area contributed by atoms with Gasteiger partial charge in [0.25, 0.3) is 0 Å². The first kappa shape index (κ1) is 12.2. The van der Waals surface area contributed by atoms with Crippen LogP contribution >= 0.6 is 15.9 Å². The Morgan fingerprint density at radius 3 is 2.53 bits per heavy atom. The van der Waals surface area contributed by atoms with E-state index in [1.54, 1.807) is 20.3 Å². The topological polar surface area (TPSA) is 35.5 Å². The summed E-state index contributed by atoms with van der Waals surface area (Å²) in [6.45, 7) is 2.00. The molecule has 15 heavy (non-hydrogen) atoms. The number of carbonyl (C=O) groups is 1. The van der Waals surface area contributed by atoms with Crippen molar-refractivity contribution < 1.29 is 14.3 Å². The molecule has 3 nitrogen and oxygen atoms in total. The average molecular weight is 273 g/mol. The molecule has 0 aliphatic heterocycles. The van der Waals surface area contributed by atoms with Crippen molar-refractivity contribution in [3.63, 3.8) is 0 Å². The van der Waals surface area contributed by atoms with Gasteiger partial charge in [-0.2, -0.15) is 0 Å². The lowest BCUT2D eigenvalue weighted by Crippen LogP contribution is -2.00. The van der Waals surface area contributed by atoms with Crippen molar-refractivity contribution in [3.05, 3.63) is 27.7 Å². The van der Waals surface area contributed by atoms with E-state index in [4.69, 9.17) is 9.47 Å². The zero-order valence-corrected chi connectivity index (χ0v) is 10.6. The van der Waals surface area contributed by atoms with Gasteiger partial charge < -0.3 is 9.47 Å². The largest absolute Gasteiger partial charge is 0.496 e. The lowest BCUT2D eigenvalue weighted by atomic mass is 10.1. The lowest BCUT2D eigenvalue weighted by Gasteiger charge is -2.10. The van der Waals surface area contributed by atoms with E-state index < -0.39 is 0 Å². The lowest BCUT2D eigenvalue weighted by molar-refractivity contribution is 0.101. The molecule has 0 aromatic heterocycles. The number of rotatable bonds is 4. The predicted octanol–water partition coefficient (Wildman–Crippen LogP) is 2.81. The van der Waals surface area contributed by atoms with Crippen LogP contribution in [-0.2, 0) is 11.3 Å². The van der Waals surface area contributed by atoms with Gasteiger partial charge in [-0.05, 0) is 24.6 Å². The van der Waals surface area contributed by atoms with E-state index in [-0.39, 0.29) is 5.78 Å². The minimum Gasteiger partial charge on any atom is -0.496 e. The summed E-state index contributed by atoms with van der Waals surface area (Å²) in [6, 6.07) is 3.57. The zero-order chi connectivity index (χ0) is 11.4. The first-order chi connectivity index (χ1) is 7.10. The van der Waals surface area contributed by atoms with Crippen LogP contribution in [0.2, 0.25) is 0 Å². The van der Waals surface area contributed by atoms with Crippen LogP contribution in [0.3, 0.4) is 0 Å². The quantitative estimate of drug-likeness (QED) is 0.791. The summed E-state index contributed by atoms with van der Waals surface area (Å²) in [5.41, 5.74) is 1.53. The van der Waals surface area contributed by atoms with Crippen molar-refractivity contribution in [2.45, 2.75) is 13.5 Å². The second-order valence-corrected chi connectivity index (χ2v) is 3.99. The Hall–Kier alpha value is -0.870. The van der Waals surface area contributed by atoms with Crippen molar-refractivity contribution in [1.82, 2.24) is 0 Å². The van der Waals surface area contributed by atoms with Crippen LogP contribution in [0.5, 0.6) is 5.75 Å². The van der Waals surface area contributed by atoms with E-state index in [1.165, 1.54) is 6.92 Å². The molecule has 0 spiro atoms. The van der Waals surface area contributed by atoms with Crippen LogP contribution < -0.4 is 4.74 Å². The van der Waals surface area contributed by atoms with Gasteiger partial charge in [-0.1, -0.05) is 15.9 Å². The average Bonchev–Trinajstić information content (AvgIpc) is 2.20. The summed E-state index contributed by atoms with van der Waals surface area (Å²) < 4.78 is 11.0. The molecule has 0 unspecified atom stereocenters. The normalized spacial score (nSPS) is 10.1. The molecule has 1 rings (SSSR count). The smallest absolute Gasteiger partial charge is 0.163 e. The van der Waals surface area contributed by atoms with Crippen molar-refractivity contribution in [1.29, 1.82) is 0 Å². The van der Waals surface area contributed by atoms with Gasteiger partial charge in [0.05, 0.1) is 19.3 Å². The van der Waals surface area contributed by atoms with Gasteiger partial charge in [-0.15, -0.1) is 0 Å². The number of methoxy groups -OCH3 is 2. The molecule has 0 amide bonds. The zero-order valence-electron chi connectivity index (χ0n) is 8.96. The second kappa shape index (κ2) is 5.28. The number of Topliss-reactive ketones (excluding diaryl/α,β-unsaturated/α-hetero) is 1. The predicted molar refractivity (Wildman–Crippen MR) is 61.4 cm³/mol. The molecule has 0 heterocycles. The number of ketones is 1. The standard InChI is InChI=1S/C11H13BrO3/c1-7(13)9-5-10(12)8(6-14-2)4-11(9)15-3/h4-5H,6H2,1-3H3. The van der Waals surface area contributed by atoms with Gasteiger partial charge >= 0.3 is 0 Å². The monoisotopic (exact) mass is 272 g/mol. The maximum Gasteiger partial charge on any atom is 0.163 e. The Morgan fingerprint density at radius 2 is 2.07 bits per heavy atom. The summed E-state index contributed by atoms with van der Waals surface area (Å²) in [4.78, 5) is 11.3. The number of ether oxygens (including phenoxy) is 2. The van der Waals surface area contributed by atoms with E-state index in [0.29, 0.717) is 17.9 Å². The van der Waals surface area contributed by atoms with Crippen molar-refractivity contribution >= 4 is 21.7 Å². The SMILES string of the molecule is COCc1cc(OC)c(C(C)=O)cc1Br. The maximum absolute atomic E-state index is 11.3. The molecule has 0 radical (unpaired) electrons. The molecule has 0 bridgehead atoms. The highest BCUT2D eigenvalue weighted by Crippen LogP contribution is 2.28. The first-order valence-corrected chi connectivity index (χ1v) is 5.25. The Morgan fingerprint density at radius 1 is 1.40 bits per heavy atom. The first-order valence-electron chi connectivity index (χ1n) is 4.46. The van der Waals surface area contributed by atoms with Gasteiger partial charge in [0.1, 0.15) is 5.75 Å². The van der Waals surface area contributed by atoms with Crippen LogP contribution in [0.25, 0.3) is 0 Å². The van der Waals surface area contributed by atoms with Gasteiger partial charge in [-0.25, -0.2) is 0 Å². The third kappa shape index (κ3) is 2.79. The summed E-state index contributed by atoms with van der Waals surface area (Å²) in [5, 5.41) is 0. The number of hydrogen-bond acceptors (Lipinski definition) is 3. The molecule has 1 aromatic rings. The highest BCUT2D eigenvalue weighted by atomic mass is 79.9. The molecular formula is C11H13BrO3. The van der Waals surface area contributed by atoms with Crippen molar-refractivity contribution in [2.24, 2.45) is 0 Å². The molecule has 0 aliphatic carbocycles. The summed E-state index contributed by atoms with van der Waals surface area (Å²) >= 11 is 3.39. The molecule has 0 fully saturated rings. The van der Waals surface area contributed by atoms with Gasteiger partial charge in [-0.3, -0.25) is 4.79 Å². The molecule has 82 valence electrons. The van der Waals surface area contributed by atoms with Crippen LogP contribution in [0.1, 0.15) is 22.8 Å². The Labute approximate surface area is 97.5 Å². The third-order valence-electron chi connectivity index (χ3n) is 2.05. The van der Waals surface area contributed by atoms with Crippen LogP contribution in [-0.4, -0.2) is 20.0 Å². The van der Waals surface area contributed by atoms with Crippen LogP contribution in [0.15, 0.2) is 16.6 Å². The van der Waals surface area contributed by atoms with Gasteiger partial charge in [0.2, 0.25) is 0 Å². The maximum atomic E-state index is 11.3. The summed E-state index contributed by atoms with van der Waals surface area (Å²) in [7, 11) is 3.17. The van der Waals surface area contributed by atoms with Gasteiger partial charge in [0, 0.05) is 11.6 Å². The van der Waals surface area contributed by atoms with E-state index in [0.717, 1.165) is 10.0 Å². The van der Waals surface area contributed by atoms with E-state index in [1.807, 2.05) is 6.07 Å². The van der Waals surface area contributed by atoms with Gasteiger partial charge in [0.15, 0.2) is 5.78 Å². The number of benzene rings is 1. The fraction of sp³-hybridized carbons (Fsp3) is 0.364. The molecule has 0 saturated carbocycles. The number of halogens is 1. The summed E-state index contributed by atoms with van der Waals surface area (Å²) in [5.74, 6) is 0.564. The highest BCUT2D eigenvalue weighted by Gasteiger charge is 2.12. The van der Waals surface area contributed by atoms with E-state index in [2.05, 4.69) is 15.9 Å². The fourth-order valence-electron chi connectivity index (χ4n) is 1.31. The molecule has 0 aliphatic rings. The summed E-state index contributed by atoms with van der Waals surface area (Å²) in [6.07, 6.45) is 0. The second-order valence-electron chi connectivity index (χ2n) is 3.13. The minimum atomic E-state index is -0.0171. The van der Waals surface area contributed by atoms with E-state index >= 15 is 0 Å². The molecule has 1 aromatic carbocycles. The van der Waals surface area contributed by atoms with Crippen molar-refractivity contribution in [2.75, 3.05) is 14.2 Å². The number of carbonyl (C=O) groups excluding carboxylic acids is 1. The Kier molecular flexibility index (Phi) is 4.29. The minimum absolute atomic E-state index is 0.0171. The Bertz CT molecular complexity index is 374. The van der Waals surface area contributed by atoms with Crippen molar-refractivity contribution in [3.8, 4) is 5.75 Å². The molecule has 0 N–H and O–H groups in total.